The number of carbonyl (C=O) groups excluding carboxylic acids is 1. The molecule has 0 spiro atoms. The van der Waals surface area contributed by atoms with Crippen LogP contribution in [0.25, 0.3) is 0 Å². The van der Waals surface area contributed by atoms with Gasteiger partial charge in [-0.25, -0.2) is 0 Å². The van der Waals surface area contributed by atoms with Crippen LogP contribution in [0.4, 0.5) is 0 Å². The number of carbonyl (C=O) groups is 1. The lowest BCUT2D eigenvalue weighted by Crippen LogP contribution is -2.38. The maximum absolute atomic E-state index is 11.9. The normalized spacial score (nSPS) is 14.0. The molecular weight excluding hydrogens is 463 g/mol. The Morgan fingerprint density at radius 1 is 1.04 bits per heavy atom. The Bertz CT molecular complexity index is 779. The SMILES string of the molecule is CN=C(NCCc1ccccc1)NCc1ccccc1CN1CCCC1=O.I. The standard InChI is InChI=1S/C22H28N4O.HI/c1-23-22(24-14-13-18-8-3-2-4-9-18)25-16-19-10-5-6-11-20(19)17-26-15-7-12-21(26)27;/h2-6,8-11H,7,12-17H2,1H3,(H2,23,24,25);1H. The minimum absolute atomic E-state index is 0. The number of likely N-dealkylation sites (tertiary alicyclic amines) is 1. The lowest BCUT2D eigenvalue weighted by atomic mass is 10.1. The summed E-state index contributed by atoms with van der Waals surface area (Å²) in [5, 5.41) is 6.75. The summed E-state index contributed by atoms with van der Waals surface area (Å²) in [5.41, 5.74) is 3.70. The molecule has 0 aliphatic carbocycles. The van der Waals surface area contributed by atoms with Crippen LogP contribution in [0.5, 0.6) is 0 Å². The highest BCUT2D eigenvalue weighted by molar-refractivity contribution is 14.0. The van der Waals surface area contributed by atoms with E-state index in [2.05, 4.69) is 52.0 Å². The Kier molecular flexibility index (Phi) is 9.27. The minimum atomic E-state index is 0. The molecule has 0 bridgehead atoms. The molecule has 1 aliphatic heterocycles. The molecule has 1 aliphatic rings. The number of aliphatic imine (C=N–C) groups is 1. The Hall–Kier alpha value is -2.09. The van der Waals surface area contributed by atoms with Gasteiger partial charge in [-0.3, -0.25) is 9.79 Å². The topological polar surface area (TPSA) is 56.7 Å². The van der Waals surface area contributed by atoms with E-state index in [1.165, 1.54) is 16.7 Å². The van der Waals surface area contributed by atoms with Crippen molar-refractivity contribution in [3.8, 4) is 0 Å². The number of nitrogens with one attached hydrogen (secondary N) is 2. The number of hydrogen-bond donors (Lipinski definition) is 2. The van der Waals surface area contributed by atoms with Gasteiger partial charge in [0.15, 0.2) is 5.96 Å². The van der Waals surface area contributed by atoms with Crippen LogP contribution >= 0.6 is 24.0 Å². The van der Waals surface area contributed by atoms with Crippen molar-refractivity contribution in [1.29, 1.82) is 0 Å². The van der Waals surface area contributed by atoms with Crippen molar-refractivity contribution < 1.29 is 4.79 Å². The molecule has 1 saturated heterocycles. The van der Waals surface area contributed by atoms with Crippen molar-refractivity contribution in [2.75, 3.05) is 20.1 Å². The molecule has 2 aromatic carbocycles. The second kappa shape index (κ2) is 11.7. The molecule has 3 rings (SSSR count). The van der Waals surface area contributed by atoms with Gasteiger partial charge in [0.25, 0.3) is 0 Å². The van der Waals surface area contributed by atoms with E-state index in [1.807, 2.05) is 23.1 Å². The Balaban J connectivity index is 0.00000280. The van der Waals surface area contributed by atoms with Crippen LogP contribution in [0, 0.1) is 0 Å². The second-order valence-corrected chi connectivity index (χ2v) is 6.78. The largest absolute Gasteiger partial charge is 0.356 e. The van der Waals surface area contributed by atoms with E-state index in [1.54, 1.807) is 7.05 Å². The zero-order chi connectivity index (χ0) is 18.9. The van der Waals surface area contributed by atoms with Gasteiger partial charge in [-0.15, -0.1) is 24.0 Å². The molecule has 2 aromatic rings. The number of hydrogen-bond acceptors (Lipinski definition) is 2. The molecule has 0 atom stereocenters. The molecule has 1 amide bonds. The first-order valence-electron chi connectivity index (χ1n) is 9.59. The van der Waals surface area contributed by atoms with Gasteiger partial charge >= 0.3 is 0 Å². The van der Waals surface area contributed by atoms with E-state index in [-0.39, 0.29) is 29.9 Å². The third-order valence-corrected chi connectivity index (χ3v) is 4.87. The molecule has 28 heavy (non-hydrogen) atoms. The van der Waals surface area contributed by atoms with Gasteiger partial charge in [0, 0.05) is 39.6 Å². The summed E-state index contributed by atoms with van der Waals surface area (Å²) in [4.78, 5) is 18.2. The summed E-state index contributed by atoms with van der Waals surface area (Å²) >= 11 is 0. The molecule has 0 aromatic heterocycles. The zero-order valence-electron chi connectivity index (χ0n) is 16.4. The highest BCUT2D eigenvalue weighted by Gasteiger charge is 2.20. The number of nitrogens with zero attached hydrogens (tertiary/aromatic N) is 2. The lowest BCUT2D eigenvalue weighted by Gasteiger charge is -2.19. The van der Waals surface area contributed by atoms with Crippen LogP contribution in [-0.2, 0) is 24.3 Å². The molecule has 6 heteroatoms. The summed E-state index contributed by atoms with van der Waals surface area (Å²) in [6.45, 7) is 3.07. The van der Waals surface area contributed by atoms with E-state index >= 15 is 0 Å². The van der Waals surface area contributed by atoms with E-state index in [0.29, 0.717) is 19.5 Å². The van der Waals surface area contributed by atoms with Crippen molar-refractivity contribution in [1.82, 2.24) is 15.5 Å². The van der Waals surface area contributed by atoms with Gasteiger partial charge in [0.1, 0.15) is 0 Å². The fourth-order valence-electron chi connectivity index (χ4n) is 3.33. The number of benzene rings is 2. The maximum atomic E-state index is 11.9. The van der Waals surface area contributed by atoms with Gasteiger partial charge in [0.05, 0.1) is 0 Å². The number of rotatable bonds is 7. The second-order valence-electron chi connectivity index (χ2n) is 6.78. The molecular formula is C22H29IN4O. The maximum Gasteiger partial charge on any atom is 0.222 e. The number of amides is 1. The van der Waals surface area contributed by atoms with Crippen LogP contribution in [0.3, 0.4) is 0 Å². The van der Waals surface area contributed by atoms with Crippen LogP contribution in [0.2, 0.25) is 0 Å². The van der Waals surface area contributed by atoms with Crippen molar-refractivity contribution in [2.24, 2.45) is 4.99 Å². The highest BCUT2D eigenvalue weighted by Crippen LogP contribution is 2.17. The summed E-state index contributed by atoms with van der Waals surface area (Å²) in [5.74, 6) is 1.05. The summed E-state index contributed by atoms with van der Waals surface area (Å²) < 4.78 is 0. The number of halogens is 1. The molecule has 1 fully saturated rings. The van der Waals surface area contributed by atoms with E-state index < -0.39 is 0 Å². The first kappa shape index (κ1) is 22.2. The smallest absolute Gasteiger partial charge is 0.222 e. The fraction of sp³-hybridized carbons (Fsp3) is 0.364. The average molecular weight is 492 g/mol. The number of guanidine groups is 1. The quantitative estimate of drug-likeness (QED) is 0.354. The fourth-order valence-corrected chi connectivity index (χ4v) is 3.33. The Labute approximate surface area is 184 Å². The van der Waals surface area contributed by atoms with E-state index in [4.69, 9.17) is 0 Å². The van der Waals surface area contributed by atoms with Crippen LogP contribution in [0.1, 0.15) is 29.5 Å². The van der Waals surface area contributed by atoms with Gasteiger partial charge in [-0.05, 0) is 29.5 Å². The van der Waals surface area contributed by atoms with Crippen LogP contribution in [0.15, 0.2) is 59.6 Å². The summed E-state index contributed by atoms with van der Waals surface area (Å²) in [6.07, 6.45) is 2.60. The predicted octanol–water partition coefficient (Wildman–Crippen LogP) is 3.33. The first-order valence-corrected chi connectivity index (χ1v) is 9.59. The first-order chi connectivity index (χ1) is 13.3. The summed E-state index contributed by atoms with van der Waals surface area (Å²) in [7, 11) is 1.78. The minimum Gasteiger partial charge on any atom is -0.356 e. The molecule has 150 valence electrons. The van der Waals surface area contributed by atoms with Gasteiger partial charge in [-0.1, -0.05) is 54.6 Å². The van der Waals surface area contributed by atoms with Crippen molar-refractivity contribution in [3.63, 3.8) is 0 Å². The molecule has 0 unspecified atom stereocenters. The predicted molar refractivity (Wildman–Crippen MR) is 125 cm³/mol. The zero-order valence-corrected chi connectivity index (χ0v) is 18.7. The molecule has 0 saturated carbocycles. The third kappa shape index (κ3) is 6.51. The molecule has 5 nitrogen and oxygen atoms in total. The van der Waals surface area contributed by atoms with E-state index in [9.17, 15) is 4.79 Å². The lowest BCUT2D eigenvalue weighted by molar-refractivity contribution is -0.128. The Morgan fingerprint density at radius 2 is 1.75 bits per heavy atom. The Morgan fingerprint density at radius 3 is 2.43 bits per heavy atom. The highest BCUT2D eigenvalue weighted by atomic mass is 127. The van der Waals surface area contributed by atoms with Crippen molar-refractivity contribution >= 4 is 35.8 Å². The van der Waals surface area contributed by atoms with Crippen molar-refractivity contribution in [2.45, 2.75) is 32.4 Å². The van der Waals surface area contributed by atoms with Gasteiger partial charge in [0.2, 0.25) is 5.91 Å². The molecule has 2 N–H and O–H groups in total. The van der Waals surface area contributed by atoms with Gasteiger partial charge in [-0.2, -0.15) is 0 Å². The van der Waals surface area contributed by atoms with Gasteiger partial charge < -0.3 is 15.5 Å². The molecule has 0 radical (unpaired) electrons. The summed E-state index contributed by atoms with van der Waals surface area (Å²) in [6, 6.07) is 18.7. The van der Waals surface area contributed by atoms with Crippen molar-refractivity contribution in [3.05, 3.63) is 71.3 Å². The monoisotopic (exact) mass is 492 g/mol. The third-order valence-electron chi connectivity index (χ3n) is 4.87. The molecule has 1 heterocycles. The van der Waals surface area contributed by atoms with E-state index in [0.717, 1.165) is 31.9 Å². The van der Waals surface area contributed by atoms with Crippen LogP contribution < -0.4 is 10.6 Å². The average Bonchev–Trinajstić information content (AvgIpc) is 3.11. The van der Waals surface area contributed by atoms with Crippen LogP contribution in [-0.4, -0.2) is 36.9 Å².